The molecule has 7 heteroatoms. The predicted octanol–water partition coefficient (Wildman–Crippen LogP) is -1.40. The number of aliphatic carboxylic acids is 1. The molecule has 94 valence electrons. The van der Waals surface area contributed by atoms with Crippen LogP contribution in [0.2, 0.25) is 0 Å². The van der Waals surface area contributed by atoms with Crippen LogP contribution in [0.1, 0.15) is 6.42 Å². The van der Waals surface area contributed by atoms with Crippen molar-refractivity contribution in [1.82, 2.24) is 5.32 Å². The number of rotatable bonds is 9. The van der Waals surface area contributed by atoms with Crippen LogP contribution in [0.4, 0.5) is 0 Å². The molecule has 16 heavy (non-hydrogen) atoms. The van der Waals surface area contributed by atoms with Gasteiger partial charge in [-0.1, -0.05) is 0 Å². The van der Waals surface area contributed by atoms with E-state index in [1.54, 1.807) is 0 Å². The second-order valence-corrected chi connectivity index (χ2v) is 3.02. The Morgan fingerprint density at radius 3 is 2.56 bits per heavy atom. The summed E-state index contributed by atoms with van der Waals surface area (Å²) < 4.78 is 9.60. The highest BCUT2D eigenvalue weighted by Gasteiger charge is 2.18. The van der Waals surface area contributed by atoms with Crippen molar-refractivity contribution in [2.75, 3.05) is 33.5 Å². The molecule has 0 aromatic rings. The first-order valence-corrected chi connectivity index (χ1v) is 4.81. The molecule has 0 aromatic heterocycles. The van der Waals surface area contributed by atoms with Crippen LogP contribution < -0.4 is 5.32 Å². The molecule has 0 aliphatic carbocycles. The Kier molecular flexibility index (Phi) is 8.41. The number of methoxy groups -OCH3 is 1. The highest BCUT2D eigenvalue weighted by molar-refractivity contribution is 5.84. The summed E-state index contributed by atoms with van der Waals surface area (Å²) in [5.41, 5.74) is 0. The molecule has 0 fully saturated rings. The van der Waals surface area contributed by atoms with Gasteiger partial charge in [0.1, 0.15) is 12.6 Å². The van der Waals surface area contributed by atoms with Gasteiger partial charge in [0.25, 0.3) is 0 Å². The van der Waals surface area contributed by atoms with Gasteiger partial charge in [0, 0.05) is 20.1 Å². The Balaban J connectivity index is 3.77. The summed E-state index contributed by atoms with van der Waals surface area (Å²) in [7, 11) is 1.51. The van der Waals surface area contributed by atoms with Crippen LogP contribution in [-0.4, -0.2) is 61.7 Å². The number of carboxylic acids is 1. The molecule has 0 unspecified atom stereocenters. The van der Waals surface area contributed by atoms with Gasteiger partial charge in [-0.15, -0.1) is 0 Å². The summed E-state index contributed by atoms with van der Waals surface area (Å²) in [5, 5.41) is 19.5. The lowest BCUT2D eigenvalue weighted by molar-refractivity contribution is -0.143. The fourth-order valence-electron chi connectivity index (χ4n) is 0.930. The van der Waals surface area contributed by atoms with Crippen LogP contribution in [0.15, 0.2) is 0 Å². The van der Waals surface area contributed by atoms with Crippen molar-refractivity contribution in [3.63, 3.8) is 0 Å². The Hall–Kier alpha value is -1.18. The number of carboxylic acid groups (broad SMARTS) is 1. The fourth-order valence-corrected chi connectivity index (χ4v) is 0.930. The van der Waals surface area contributed by atoms with Gasteiger partial charge in [-0.2, -0.15) is 0 Å². The zero-order chi connectivity index (χ0) is 12.4. The van der Waals surface area contributed by atoms with Gasteiger partial charge < -0.3 is 25.0 Å². The molecule has 0 aliphatic rings. The third-order valence-electron chi connectivity index (χ3n) is 1.72. The molecule has 3 N–H and O–H groups in total. The molecule has 0 bridgehead atoms. The van der Waals surface area contributed by atoms with E-state index in [2.05, 4.69) is 5.32 Å². The van der Waals surface area contributed by atoms with E-state index in [4.69, 9.17) is 19.7 Å². The molecular weight excluding hydrogens is 218 g/mol. The topological polar surface area (TPSA) is 105 Å². The number of carbonyl (C=O) groups is 2. The highest BCUT2D eigenvalue weighted by Crippen LogP contribution is 1.91. The van der Waals surface area contributed by atoms with Crippen molar-refractivity contribution < 1.29 is 29.3 Å². The van der Waals surface area contributed by atoms with Crippen LogP contribution in [-0.2, 0) is 19.1 Å². The van der Waals surface area contributed by atoms with Crippen molar-refractivity contribution in [2.45, 2.75) is 12.5 Å². The Morgan fingerprint density at radius 1 is 1.38 bits per heavy atom. The summed E-state index contributed by atoms with van der Waals surface area (Å²) in [5.74, 6) is -1.71. The van der Waals surface area contributed by atoms with Crippen LogP contribution in [0.25, 0.3) is 0 Å². The molecule has 0 spiro atoms. The Labute approximate surface area is 93.3 Å². The smallest absolute Gasteiger partial charge is 0.326 e. The normalized spacial score (nSPS) is 12.1. The number of nitrogens with one attached hydrogen (secondary N) is 1. The number of carbonyl (C=O) groups excluding carboxylic acids is 1. The van der Waals surface area contributed by atoms with E-state index in [0.29, 0.717) is 6.61 Å². The zero-order valence-electron chi connectivity index (χ0n) is 9.14. The maximum absolute atomic E-state index is 11.2. The van der Waals surface area contributed by atoms with Crippen molar-refractivity contribution in [3.8, 4) is 0 Å². The molecule has 0 saturated heterocycles. The molecule has 1 atom stereocenters. The monoisotopic (exact) mass is 235 g/mol. The molecular formula is C9H17NO6. The standard InChI is InChI=1S/C9H17NO6/c1-15-4-5-16-6-8(12)10-7(2-3-11)9(13)14/h7,11H,2-6H2,1H3,(H,10,12)(H,13,14)/t7-/m1/s1. The quantitative estimate of drug-likeness (QED) is 0.424. The third kappa shape index (κ3) is 7.16. The minimum absolute atomic E-state index is 0.0286. The van der Waals surface area contributed by atoms with Gasteiger partial charge in [-0.3, -0.25) is 4.79 Å². The molecule has 7 nitrogen and oxygen atoms in total. The van der Waals surface area contributed by atoms with Crippen molar-refractivity contribution in [1.29, 1.82) is 0 Å². The van der Waals surface area contributed by atoms with E-state index in [1.807, 2.05) is 0 Å². The average Bonchev–Trinajstić information content (AvgIpc) is 2.23. The van der Waals surface area contributed by atoms with Gasteiger partial charge in [-0.25, -0.2) is 4.79 Å². The molecule has 0 aromatic carbocycles. The van der Waals surface area contributed by atoms with Crippen LogP contribution in [0.5, 0.6) is 0 Å². The molecule has 0 rings (SSSR count). The van der Waals surface area contributed by atoms with Crippen molar-refractivity contribution in [2.24, 2.45) is 0 Å². The number of hydrogen-bond donors (Lipinski definition) is 3. The Bertz CT molecular complexity index is 220. The lowest BCUT2D eigenvalue weighted by Crippen LogP contribution is -2.43. The number of hydrogen-bond acceptors (Lipinski definition) is 5. The van der Waals surface area contributed by atoms with Crippen LogP contribution >= 0.6 is 0 Å². The molecule has 1 amide bonds. The van der Waals surface area contributed by atoms with Gasteiger partial charge in [0.05, 0.1) is 13.2 Å². The molecule has 0 aliphatic heterocycles. The number of aliphatic hydroxyl groups is 1. The van der Waals surface area contributed by atoms with E-state index in [9.17, 15) is 9.59 Å². The van der Waals surface area contributed by atoms with Gasteiger partial charge in [-0.05, 0) is 0 Å². The van der Waals surface area contributed by atoms with Crippen LogP contribution in [0.3, 0.4) is 0 Å². The first-order chi connectivity index (χ1) is 7.61. The van der Waals surface area contributed by atoms with Crippen LogP contribution in [0, 0.1) is 0 Å². The van der Waals surface area contributed by atoms with E-state index in [-0.39, 0.29) is 26.2 Å². The van der Waals surface area contributed by atoms with E-state index in [1.165, 1.54) is 7.11 Å². The number of aliphatic hydroxyl groups excluding tert-OH is 1. The first kappa shape index (κ1) is 14.8. The second-order valence-electron chi connectivity index (χ2n) is 3.02. The maximum atomic E-state index is 11.2. The first-order valence-electron chi connectivity index (χ1n) is 4.81. The lowest BCUT2D eigenvalue weighted by Gasteiger charge is -2.13. The maximum Gasteiger partial charge on any atom is 0.326 e. The predicted molar refractivity (Wildman–Crippen MR) is 54.0 cm³/mol. The Morgan fingerprint density at radius 2 is 2.06 bits per heavy atom. The average molecular weight is 235 g/mol. The largest absolute Gasteiger partial charge is 0.480 e. The highest BCUT2D eigenvalue weighted by atomic mass is 16.5. The lowest BCUT2D eigenvalue weighted by atomic mass is 10.2. The summed E-state index contributed by atoms with van der Waals surface area (Å²) in [6.45, 7) is 0.105. The molecule has 0 radical (unpaired) electrons. The van der Waals surface area contributed by atoms with Gasteiger partial charge in [0.2, 0.25) is 5.91 Å². The number of amides is 1. The van der Waals surface area contributed by atoms with E-state index >= 15 is 0 Å². The SMILES string of the molecule is COCCOCC(=O)N[C@H](CCO)C(=O)O. The van der Waals surface area contributed by atoms with Crippen molar-refractivity contribution >= 4 is 11.9 Å². The van der Waals surface area contributed by atoms with Crippen molar-refractivity contribution in [3.05, 3.63) is 0 Å². The van der Waals surface area contributed by atoms with E-state index in [0.717, 1.165) is 0 Å². The third-order valence-corrected chi connectivity index (χ3v) is 1.72. The zero-order valence-corrected chi connectivity index (χ0v) is 9.14. The minimum Gasteiger partial charge on any atom is -0.480 e. The molecule has 0 heterocycles. The minimum atomic E-state index is -1.18. The number of ether oxygens (including phenoxy) is 2. The second kappa shape index (κ2) is 9.08. The van der Waals surface area contributed by atoms with E-state index < -0.39 is 17.9 Å². The summed E-state index contributed by atoms with van der Waals surface area (Å²) >= 11 is 0. The summed E-state index contributed by atoms with van der Waals surface area (Å²) in [6.07, 6.45) is -0.0286. The van der Waals surface area contributed by atoms with Gasteiger partial charge >= 0.3 is 5.97 Å². The fraction of sp³-hybridized carbons (Fsp3) is 0.778. The summed E-state index contributed by atoms with van der Waals surface area (Å²) in [4.78, 5) is 21.8. The van der Waals surface area contributed by atoms with Gasteiger partial charge in [0.15, 0.2) is 0 Å². The molecule has 0 saturated carbocycles. The summed E-state index contributed by atoms with van der Waals surface area (Å²) in [6, 6.07) is -1.08.